The lowest BCUT2D eigenvalue weighted by molar-refractivity contribution is -0.137. The summed E-state index contributed by atoms with van der Waals surface area (Å²) in [4.78, 5) is 37.8. The third kappa shape index (κ3) is 6.08. The quantitative estimate of drug-likeness (QED) is 0.259. The molecule has 5 N–H and O–H groups in total. The van der Waals surface area contributed by atoms with Gasteiger partial charge in [-0.2, -0.15) is 13.2 Å². The van der Waals surface area contributed by atoms with Gasteiger partial charge in [0.15, 0.2) is 0 Å². The highest BCUT2D eigenvalue weighted by molar-refractivity contribution is 6.04. The maximum atomic E-state index is 13.0. The minimum Gasteiger partial charge on any atom is -0.382 e. The largest absolute Gasteiger partial charge is 0.416 e. The van der Waals surface area contributed by atoms with Gasteiger partial charge in [-0.1, -0.05) is 18.6 Å². The highest BCUT2D eigenvalue weighted by Crippen LogP contribution is 2.37. The van der Waals surface area contributed by atoms with Gasteiger partial charge in [0.05, 0.1) is 5.56 Å². The van der Waals surface area contributed by atoms with Crippen LogP contribution in [0.15, 0.2) is 55.0 Å². The van der Waals surface area contributed by atoms with Gasteiger partial charge in [-0.25, -0.2) is 19.7 Å². The summed E-state index contributed by atoms with van der Waals surface area (Å²) in [5.41, 5.74) is 7.52. The summed E-state index contributed by atoms with van der Waals surface area (Å²) in [6.45, 7) is 2.41. The molecule has 0 bridgehead atoms. The Morgan fingerprint density at radius 1 is 1.10 bits per heavy atom. The molecule has 41 heavy (non-hydrogen) atoms. The number of hydrogen-bond acceptors (Lipinski definition) is 6. The van der Waals surface area contributed by atoms with Gasteiger partial charge in [0.1, 0.15) is 28.7 Å². The molecule has 10 nitrogen and oxygen atoms in total. The van der Waals surface area contributed by atoms with Gasteiger partial charge in [-0.05, 0) is 50.5 Å². The molecule has 3 aromatic heterocycles. The number of pyridine rings is 1. The van der Waals surface area contributed by atoms with Gasteiger partial charge in [0, 0.05) is 48.2 Å². The van der Waals surface area contributed by atoms with Crippen LogP contribution in [0.2, 0.25) is 0 Å². The fraction of sp³-hybridized carbons (Fsp3) is 0.321. The molecule has 4 aromatic rings. The molecule has 214 valence electrons. The highest BCUT2D eigenvalue weighted by Gasteiger charge is 2.31. The van der Waals surface area contributed by atoms with Crippen molar-refractivity contribution in [3.8, 4) is 11.3 Å². The number of aromatic nitrogens is 4. The minimum absolute atomic E-state index is 0.0133. The number of anilines is 2. The SMILES string of the molecule is CCNC(=O)N[C@@H]1CCC[C@H](c2nc(-c3ccc(C(=O)Nc4cc(C(F)(F)F)ccn4)cc3)c3c(N)nccn23)C1. The van der Waals surface area contributed by atoms with E-state index in [0.29, 0.717) is 29.1 Å². The molecular weight excluding hydrogens is 537 g/mol. The van der Waals surface area contributed by atoms with E-state index in [9.17, 15) is 22.8 Å². The van der Waals surface area contributed by atoms with Crippen molar-refractivity contribution >= 4 is 29.1 Å². The number of benzene rings is 1. The second kappa shape index (κ2) is 11.4. The van der Waals surface area contributed by atoms with Crippen LogP contribution in [0.4, 0.5) is 29.6 Å². The normalized spacial score (nSPS) is 17.3. The van der Waals surface area contributed by atoms with Crippen LogP contribution in [0.1, 0.15) is 60.3 Å². The Balaban J connectivity index is 1.39. The molecule has 13 heteroatoms. The number of urea groups is 1. The minimum atomic E-state index is -4.55. The van der Waals surface area contributed by atoms with Gasteiger partial charge in [0.25, 0.3) is 5.91 Å². The number of imidazole rings is 1. The van der Waals surface area contributed by atoms with Gasteiger partial charge in [0.2, 0.25) is 0 Å². The van der Waals surface area contributed by atoms with Crippen LogP contribution in [0, 0.1) is 0 Å². The predicted molar refractivity (Wildman–Crippen MR) is 147 cm³/mol. The molecule has 3 amide bonds. The monoisotopic (exact) mass is 566 g/mol. The number of halogens is 3. The molecular formula is C28H29F3N8O2. The molecule has 1 aliphatic rings. The average Bonchev–Trinajstić information content (AvgIpc) is 3.34. The van der Waals surface area contributed by atoms with Gasteiger partial charge >= 0.3 is 12.2 Å². The number of rotatable bonds is 6. The van der Waals surface area contributed by atoms with Crippen molar-refractivity contribution < 1.29 is 22.8 Å². The summed E-state index contributed by atoms with van der Waals surface area (Å²) >= 11 is 0. The highest BCUT2D eigenvalue weighted by atomic mass is 19.4. The first-order chi connectivity index (χ1) is 19.6. The number of alkyl halides is 3. The molecule has 0 unspecified atom stereocenters. The van der Waals surface area contributed by atoms with E-state index in [1.807, 2.05) is 17.5 Å². The second-order valence-corrected chi connectivity index (χ2v) is 9.87. The molecule has 2 atom stereocenters. The molecule has 5 rings (SSSR count). The predicted octanol–water partition coefficient (Wildman–Crippen LogP) is 4.99. The van der Waals surface area contributed by atoms with Gasteiger partial charge < -0.3 is 21.7 Å². The Morgan fingerprint density at radius 3 is 2.61 bits per heavy atom. The van der Waals surface area contributed by atoms with E-state index in [1.54, 1.807) is 30.5 Å². The third-order valence-corrected chi connectivity index (χ3v) is 7.07. The molecule has 1 fully saturated rings. The van der Waals surface area contributed by atoms with E-state index in [2.05, 4.69) is 25.9 Å². The zero-order valence-electron chi connectivity index (χ0n) is 22.2. The first kappa shape index (κ1) is 27.9. The summed E-state index contributed by atoms with van der Waals surface area (Å²) in [7, 11) is 0. The summed E-state index contributed by atoms with van der Waals surface area (Å²) in [5, 5.41) is 8.22. The molecule has 1 aromatic carbocycles. The van der Waals surface area contributed by atoms with Crippen molar-refractivity contribution in [2.45, 2.75) is 50.7 Å². The number of nitrogens with zero attached hydrogens (tertiary/aromatic N) is 4. The van der Waals surface area contributed by atoms with Gasteiger partial charge in [-0.15, -0.1) is 0 Å². The Kier molecular flexibility index (Phi) is 7.77. The number of nitrogens with two attached hydrogens (primary N) is 1. The van der Waals surface area contributed by atoms with E-state index >= 15 is 0 Å². The van der Waals surface area contributed by atoms with Crippen LogP contribution >= 0.6 is 0 Å². The number of carbonyl (C=O) groups is 2. The van der Waals surface area contributed by atoms with Crippen molar-refractivity contribution in [2.24, 2.45) is 0 Å². The molecule has 0 radical (unpaired) electrons. The summed E-state index contributed by atoms with van der Waals surface area (Å²) in [5.74, 6) is 0.372. The summed E-state index contributed by atoms with van der Waals surface area (Å²) in [6, 6.07) is 7.96. The van der Waals surface area contributed by atoms with E-state index in [0.717, 1.165) is 49.8 Å². The van der Waals surface area contributed by atoms with E-state index < -0.39 is 17.6 Å². The summed E-state index contributed by atoms with van der Waals surface area (Å²) in [6.07, 6.45) is 3.29. The number of nitrogens with one attached hydrogen (secondary N) is 3. The number of amides is 3. The molecule has 1 aliphatic carbocycles. The first-order valence-corrected chi connectivity index (χ1v) is 13.3. The number of nitrogen functional groups attached to an aromatic ring is 1. The Labute approximate surface area is 233 Å². The summed E-state index contributed by atoms with van der Waals surface area (Å²) < 4.78 is 41.0. The topological polar surface area (TPSA) is 139 Å². The lowest BCUT2D eigenvalue weighted by atomic mass is 9.85. The Morgan fingerprint density at radius 2 is 1.88 bits per heavy atom. The fourth-order valence-electron chi connectivity index (χ4n) is 5.17. The van der Waals surface area contributed by atoms with E-state index in [-0.39, 0.29) is 29.4 Å². The molecule has 1 saturated carbocycles. The zero-order valence-corrected chi connectivity index (χ0v) is 22.2. The Hall–Kier alpha value is -4.68. The van der Waals surface area contributed by atoms with Crippen LogP contribution < -0.4 is 21.7 Å². The lowest BCUT2D eigenvalue weighted by Gasteiger charge is -2.29. The first-order valence-electron chi connectivity index (χ1n) is 13.3. The van der Waals surface area contributed by atoms with Crippen molar-refractivity contribution in [1.82, 2.24) is 30.0 Å². The van der Waals surface area contributed by atoms with Crippen LogP contribution in [0.5, 0.6) is 0 Å². The lowest BCUT2D eigenvalue weighted by Crippen LogP contribution is -2.43. The van der Waals surface area contributed by atoms with Crippen molar-refractivity contribution in [3.63, 3.8) is 0 Å². The third-order valence-electron chi connectivity index (χ3n) is 7.07. The van der Waals surface area contributed by atoms with Crippen LogP contribution in [-0.2, 0) is 6.18 Å². The second-order valence-electron chi connectivity index (χ2n) is 9.87. The van der Waals surface area contributed by atoms with Gasteiger partial charge in [-0.3, -0.25) is 9.20 Å². The maximum Gasteiger partial charge on any atom is 0.416 e. The van der Waals surface area contributed by atoms with Crippen molar-refractivity contribution in [3.05, 3.63) is 71.9 Å². The average molecular weight is 567 g/mol. The standard InChI is InChI=1S/C28H29F3N8O2/c1-2-33-27(41)36-20-5-3-4-18(14-20)25-38-22(23-24(32)35-12-13-39(23)25)16-6-8-17(9-7-16)26(40)37-21-15-19(10-11-34-21)28(29,30)31/h6-13,15,18,20H,2-5,14H2,1H3,(H2,32,35)(H2,33,36,41)(H,34,37,40)/t18-,20+/m0/s1. The number of hydrogen-bond donors (Lipinski definition) is 4. The van der Waals surface area contributed by atoms with Crippen LogP contribution in [-0.4, -0.2) is 43.9 Å². The maximum absolute atomic E-state index is 13.0. The van der Waals surface area contributed by atoms with E-state index in [4.69, 9.17) is 10.7 Å². The van der Waals surface area contributed by atoms with Crippen LogP contribution in [0.3, 0.4) is 0 Å². The molecule has 0 saturated heterocycles. The molecule has 0 spiro atoms. The van der Waals surface area contributed by atoms with Crippen LogP contribution in [0.25, 0.3) is 16.8 Å². The Bertz CT molecular complexity index is 1570. The van der Waals surface area contributed by atoms with Crippen molar-refractivity contribution in [1.29, 1.82) is 0 Å². The number of fused-ring (bicyclic) bond motifs is 1. The van der Waals surface area contributed by atoms with E-state index in [1.165, 1.54) is 0 Å². The zero-order chi connectivity index (χ0) is 29.1. The number of carbonyl (C=O) groups excluding carboxylic acids is 2. The smallest absolute Gasteiger partial charge is 0.382 e. The van der Waals surface area contributed by atoms with Crippen molar-refractivity contribution in [2.75, 3.05) is 17.6 Å². The molecule has 0 aliphatic heterocycles. The fourth-order valence-corrected chi connectivity index (χ4v) is 5.17. The molecule has 3 heterocycles.